The van der Waals surface area contributed by atoms with Crippen molar-refractivity contribution < 1.29 is 9.47 Å². The van der Waals surface area contributed by atoms with Crippen molar-refractivity contribution in [3.8, 4) is 28.8 Å². The molecule has 3 rings (SSSR count). The maximum Gasteiger partial charge on any atom is 0.161 e. The van der Waals surface area contributed by atoms with Crippen LogP contribution in [-0.2, 0) is 0 Å². The Labute approximate surface area is 163 Å². The van der Waals surface area contributed by atoms with Crippen LogP contribution in [0.25, 0.3) is 22.9 Å². The van der Waals surface area contributed by atoms with Gasteiger partial charge in [-0.05, 0) is 30.2 Å². The summed E-state index contributed by atoms with van der Waals surface area (Å²) in [5.74, 6) is 1.36. The highest BCUT2D eigenvalue weighted by Crippen LogP contribution is 2.31. The molecule has 0 aliphatic rings. The van der Waals surface area contributed by atoms with Crippen LogP contribution in [-0.4, -0.2) is 18.7 Å². The summed E-state index contributed by atoms with van der Waals surface area (Å²) in [5, 5.41) is 12.3. The molecule has 136 valence electrons. The molecule has 1 aromatic heterocycles. The number of hydrogen-bond donors (Lipinski definition) is 0. The molecule has 0 saturated heterocycles. The molecule has 4 nitrogen and oxygen atoms in total. The third-order valence-electron chi connectivity index (χ3n) is 3.88. The van der Waals surface area contributed by atoms with E-state index in [2.05, 4.69) is 18.0 Å². The summed E-state index contributed by atoms with van der Waals surface area (Å²) in [6, 6.07) is 17.8. The second kappa shape index (κ2) is 9.02. The van der Waals surface area contributed by atoms with E-state index in [4.69, 9.17) is 9.47 Å². The first kappa shape index (κ1) is 18.7. The summed E-state index contributed by atoms with van der Waals surface area (Å²) in [5.41, 5.74) is 3.30. The van der Waals surface area contributed by atoms with Crippen LogP contribution in [0.2, 0.25) is 0 Å². The van der Waals surface area contributed by atoms with E-state index in [1.807, 2.05) is 60.0 Å². The SMILES string of the molecule is CCCOc1ccc(/C=C(/C#N)c2nc(-c3ccccc3)cs2)cc1OC. The van der Waals surface area contributed by atoms with Crippen LogP contribution in [0.15, 0.2) is 53.9 Å². The van der Waals surface area contributed by atoms with E-state index in [9.17, 15) is 5.26 Å². The Kier molecular flexibility index (Phi) is 6.24. The summed E-state index contributed by atoms with van der Waals surface area (Å²) in [4.78, 5) is 4.62. The molecule has 3 aromatic rings. The summed E-state index contributed by atoms with van der Waals surface area (Å²) in [6.45, 7) is 2.69. The summed E-state index contributed by atoms with van der Waals surface area (Å²) in [7, 11) is 1.61. The number of nitrogens with zero attached hydrogens (tertiary/aromatic N) is 2. The highest BCUT2D eigenvalue weighted by atomic mass is 32.1. The molecule has 0 aliphatic heterocycles. The van der Waals surface area contributed by atoms with Crippen molar-refractivity contribution >= 4 is 23.0 Å². The summed E-state index contributed by atoms with van der Waals surface area (Å²) >= 11 is 1.46. The van der Waals surface area contributed by atoms with Crippen molar-refractivity contribution in [2.45, 2.75) is 13.3 Å². The molecule has 2 aromatic carbocycles. The number of methoxy groups -OCH3 is 1. The van der Waals surface area contributed by atoms with Crippen LogP contribution < -0.4 is 9.47 Å². The molecule has 0 aliphatic carbocycles. The van der Waals surface area contributed by atoms with E-state index in [0.717, 1.165) is 23.2 Å². The van der Waals surface area contributed by atoms with Crippen molar-refractivity contribution in [3.05, 3.63) is 64.5 Å². The first-order chi connectivity index (χ1) is 13.2. The van der Waals surface area contributed by atoms with Gasteiger partial charge in [0.25, 0.3) is 0 Å². The summed E-state index contributed by atoms with van der Waals surface area (Å²) in [6.07, 6.45) is 2.75. The van der Waals surface area contributed by atoms with Crippen LogP contribution in [0.3, 0.4) is 0 Å². The highest BCUT2D eigenvalue weighted by Gasteiger charge is 2.10. The van der Waals surface area contributed by atoms with Gasteiger partial charge in [0.05, 0.1) is 25.0 Å². The Bertz CT molecular complexity index is 971. The molecule has 1 heterocycles. The number of ether oxygens (including phenoxy) is 2. The zero-order valence-corrected chi connectivity index (χ0v) is 16.1. The minimum atomic E-state index is 0.520. The predicted molar refractivity (Wildman–Crippen MR) is 110 cm³/mol. The first-order valence-electron chi connectivity index (χ1n) is 8.69. The minimum Gasteiger partial charge on any atom is -0.493 e. The molecule has 0 radical (unpaired) electrons. The van der Waals surface area contributed by atoms with Crippen molar-refractivity contribution in [2.75, 3.05) is 13.7 Å². The van der Waals surface area contributed by atoms with E-state index >= 15 is 0 Å². The molecule has 0 bridgehead atoms. The maximum absolute atomic E-state index is 9.61. The largest absolute Gasteiger partial charge is 0.493 e. The van der Waals surface area contributed by atoms with Gasteiger partial charge in [0, 0.05) is 10.9 Å². The van der Waals surface area contributed by atoms with E-state index in [1.54, 1.807) is 7.11 Å². The number of benzene rings is 2. The number of nitriles is 1. The van der Waals surface area contributed by atoms with E-state index in [-0.39, 0.29) is 0 Å². The zero-order valence-electron chi connectivity index (χ0n) is 15.3. The molecule has 0 fully saturated rings. The fourth-order valence-electron chi connectivity index (χ4n) is 2.55. The number of allylic oxidation sites excluding steroid dienone is 1. The lowest BCUT2D eigenvalue weighted by Gasteiger charge is -2.10. The van der Waals surface area contributed by atoms with Crippen LogP contribution in [0, 0.1) is 11.3 Å². The van der Waals surface area contributed by atoms with E-state index in [0.29, 0.717) is 28.7 Å². The molecule has 0 amide bonds. The van der Waals surface area contributed by atoms with Crippen molar-refractivity contribution in [1.29, 1.82) is 5.26 Å². The zero-order chi connectivity index (χ0) is 19.1. The number of rotatable bonds is 7. The highest BCUT2D eigenvalue weighted by molar-refractivity contribution is 7.11. The Hall–Kier alpha value is -3.10. The quantitative estimate of drug-likeness (QED) is 0.498. The van der Waals surface area contributed by atoms with Crippen LogP contribution in [0.1, 0.15) is 23.9 Å². The van der Waals surface area contributed by atoms with Crippen molar-refractivity contribution in [2.24, 2.45) is 0 Å². The molecule has 0 N–H and O–H groups in total. The van der Waals surface area contributed by atoms with Crippen molar-refractivity contribution in [1.82, 2.24) is 4.98 Å². The van der Waals surface area contributed by atoms with Crippen LogP contribution in [0.5, 0.6) is 11.5 Å². The minimum absolute atomic E-state index is 0.520. The van der Waals surface area contributed by atoms with E-state index in [1.165, 1.54) is 11.3 Å². The smallest absolute Gasteiger partial charge is 0.161 e. The van der Waals surface area contributed by atoms with Gasteiger partial charge in [-0.15, -0.1) is 11.3 Å². The number of aromatic nitrogens is 1. The topological polar surface area (TPSA) is 55.1 Å². The van der Waals surface area contributed by atoms with Crippen LogP contribution in [0.4, 0.5) is 0 Å². The second-order valence-electron chi connectivity index (χ2n) is 5.83. The Balaban J connectivity index is 1.89. The Morgan fingerprint density at radius 3 is 2.70 bits per heavy atom. The Morgan fingerprint density at radius 2 is 2.00 bits per heavy atom. The fraction of sp³-hybridized carbons (Fsp3) is 0.182. The summed E-state index contributed by atoms with van der Waals surface area (Å²) < 4.78 is 11.1. The average Bonchev–Trinajstić information content (AvgIpc) is 3.21. The first-order valence-corrected chi connectivity index (χ1v) is 9.57. The van der Waals surface area contributed by atoms with Gasteiger partial charge in [-0.1, -0.05) is 43.3 Å². The number of thiazole rings is 1. The van der Waals surface area contributed by atoms with Gasteiger partial charge in [0.15, 0.2) is 11.5 Å². The molecule has 0 saturated carbocycles. The molecular weight excluding hydrogens is 356 g/mol. The van der Waals surface area contributed by atoms with Gasteiger partial charge in [-0.2, -0.15) is 5.26 Å². The molecule has 0 unspecified atom stereocenters. The van der Waals surface area contributed by atoms with E-state index < -0.39 is 0 Å². The van der Waals surface area contributed by atoms with Gasteiger partial charge in [-0.25, -0.2) is 4.98 Å². The van der Waals surface area contributed by atoms with Crippen LogP contribution >= 0.6 is 11.3 Å². The van der Waals surface area contributed by atoms with Gasteiger partial charge in [-0.3, -0.25) is 0 Å². The molecular formula is C22H20N2O2S. The third kappa shape index (κ3) is 4.55. The Morgan fingerprint density at radius 1 is 1.19 bits per heavy atom. The fourth-order valence-corrected chi connectivity index (χ4v) is 3.35. The third-order valence-corrected chi connectivity index (χ3v) is 4.76. The standard InChI is InChI=1S/C22H20N2O2S/c1-3-11-26-20-10-9-16(13-21(20)25-2)12-18(14-23)22-24-19(15-27-22)17-7-5-4-6-8-17/h4-10,12-13,15H,3,11H2,1-2H3/b18-12-. The van der Waals surface area contributed by atoms with Gasteiger partial charge < -0.3 is 9.47 Å². The molecule has 27 heavy (non-hydrogen) atoms. The monoisotopic (exact) mass is 376 g/mol. The molecule has 5 heteroatoms. The second-order valence-corrected chi connectivity index (χ2v) is 6.69. The number of hydrogen-bond acceptors (Lipinski definition) is 5. The molecule has 0 atom stereocenters. The van der Waals surface area contributed by atoms with Gasteiger partial charge in [0.2, 0.25) is 0 Å². The lowest BCUT2D eigenvalue weighted by Crippen LogP contribution is -1.97. The lowest BCUT2D eigenvalue weighted by atomic mass is 10.1. The lowest BCUT2D eigenvalue weighted by molar-refractivity contribution is 0.294. The maximum atomic E-state index is 9.61. The molecule has 0 spiro atoms. The van der Waals surface area contributed by atoms with Crippen molar-refractivity contribution in [3.63, 3.8) is 0 Å². The average molecular weight is 376 g/mol. The van der Waals surface area contributed by atoms with Gasteiger partial charge in [0.1, 0.15) is 11.1 Å². The predicted octanol–water partition coefficient (Wildman–Crippen LogP) is 5.67. The normalized spacial score (nSPS) is 11.1. The van der Waals surface area contributed by atoms with Gasteiger partial charge >= 0.3 is 0 Å².